The number of benzene rings is 1. The molecule has 0 atom stereocenters. The maximum Gasteiger partial charge on any atom is 0.314 e. The van der Waals surface area contributed by atoms with Gasteiger partial charge in [-0.25, -0.2) is 0 Å². The quantitative estimate of drug-likeness (QED) is 0.600. The number of nitrogens with zero attached hydrogens (tertiary/aromatic N) is 1. The second-order valence-electron chi connectivity index (χ2n) is 6.06. The molecule has 0 aliphatic heterocycles. The number of hydrogen-bond donors (Lipinski definition) is 1. The van der Waals surface area contributed by atoms with E-state index < -0.39 is 4.92 Å². The Morgan fingerprint density at radius 3 is 2.35 bits per heavy atom. The van der Waals surface area contributed by atoms with Crippen LogP contribution in [0, 0.1) is 10.1 Å². The van der Waals surface area contributed by atoms with Gasteiger partial charge in [-0.15, -0.1) is 0 Å². The van der Waals surface area contributed by atoms with Crippen LogP contribution >= 0.6 is 0 Å². The van der Waals surface area contributed by atoms with Gasteiger partial charge in [0.15, 0.2) is 5.75 Å². The molecule has 0 saturated carbocycles. The molecule has 1 aromatic carbocycles. The first kappa shape index (κ1) is 11.9. The molecule has 92 valence electrons. The first-order valence-corrected chi connectivity index (χ1v) is 5.68. The van der Waals surface area contributed by atoms with Gasteiger partial charge in [0, 0.05) is 5.56 Å². The van der Waals surface area contributed by atoms with Gasteiger partial charge < -0.3 is 5.11 Å². The number of phenols is 1. The summed E-state index contributed by atoms with van der Waals surface area (Å²) in [6.45, 7) is 8.16. The third-order valence-electron chi connectivity index (χ3n) is 3.63. The molecule has 1 aromatic rings. The highest BCUT2D eigenvalue weighted by Crippen LogP contribution is 2.54. The average Bonchev–Trinajstić information content (AvgIpc) is 2.31. The highest BCUT2D eigenvalue weighted by atomic mass is 16.6. The molecule has 0 aromatic heterocycles. The molecule has 4 heteroatoms. The summed E-state index contributed by atoms with van der Waals surface area (Å²) in [5.41, 5.74) is 1.18. The van der Waals surface area contributed by atoms with E-state index in [4.69, 9.17) is 0 Å². The third-order valence-corrected chi connectivity index (χ3v) is 3.63. The smallest absolute Gasteiger partial charge is 0.314 e. The van der Waals surface area contributed by atoms with E-state index >= 15 is 0 Å². The van der Waals surface area contributed by atoms with Crippen LogP contribution in [-0.4, -0.2) is 10.0 Å². The lowest BCUT2D eigenvalue weighted by molar-refractivity contribution is -0.387. The molecule has 0 unspecified atom stereocenters. The van der Waals surface area contributed by atoms with E-state index in [-0.39, 0.29) is 22.3 Å². The fourth-order valence-electron chi connectivity index (χ4n) is 3.30. The summed E-state index contributed by atoms with van der Waals surface area (Å²) in [4.78, 5) is 10.7. The molecular formula is C13H17NO3. The van der Waals surface area contributed by atoms with Crippen molar-refractivity contribution in [1.82, 2.24) is 0 Å². The fourth-order valence-corrected chi connectivity index (χ4v) is 3.30. The number of aromatic hydroxyl groups is 1. The molecule has 17 heavy (non-hydrogen) atoms. The molecular weight excluding hydrogens is 218 g/mol. The summed E-state index contributed by atoms with van der Waals surface area (Å²) in [5, 5.41) is 20.8. The fraction of sp³-hybridized carbons (Fsp3) is 0.538. The summed E-state index contributed by atoms with van der Waals surface area (Å²) < 4.78 is 0. The molecule has 1 aliphatic carbocycles. The summed E-state index contributed by atoms with van der Waals surface area (Å²) in [5.74, 6) is -0.237. The molecule has 0 spiro atoms. The Labute approximate surface area is 100 Å². The number of phenolic OH excluding ortho intramolecular Hbond substituents is 1. The highest BCUT2D eigenvalue weighted by Gasteiger charge is 2.47. The predicted molar refractivity (Wildman–Crippen MR) is 65.4 cm³/mol. The second kappa shape index (κ2) is 3.22. The van der Waals surface area contributed by atoms with E-state index in [0.29, 0.717) is 5.56 Å². The van der Waals surface area contributed by atoms with Crippen molar-refractivity contribution in [1.29, 1.82) is 0 Å². The van der Waals surface area contributed by atoms with Crippen molar-refractivity contribution in [3.05, 3.63) is 33.4 Å². The van der Waals surface area contributed by atoms with E-state index in [9.17, 15) is 15.2 Å². The Hall–Kier alpha value is -1.58. The molecule has 0 amide bonds. The van der Waals surface area contributed by atoms with E-state index in [1.807, 2.05) is 19.9 Å². The molecule has 0 heterocycles. The van der Waals surface area contributed by atoms with Gasteiger partial charge >= 0.3 is 5.69 Å². The van der Waals surface area contributed by atoms with Crippen LogP contribution in [0.1, 0.15) is 45.2 Å². The Kier molecular flexibility index (Phi) is 2.25. The van der Waals surface area contributed by atoms with Gasteiger partial charge in [-0.05, 0) is 28.9 Å². The topological polar surface area (TPSA) is 63.4 Å². The SMILES string of the molecule is CC1(C)CC(C)(C)c2c1ccc(O)c2[N+](=O)[O-]. The summed E-state index contributed by atoms with van der Waals surface area (Å²) in [6.07, 6.45) is 0.847. The Morgan fingerprint density at radius 2 is 1.82 bits per heavy atom. The summed E-state index contributed by atoms with van der Waals surface area (Å²) in [6, 6.07) is 3.24. The van der Waals surface area contributed by atoms with Crippen LogP contribution in [0.4, 0.5) is 5.69 Å². The third kappa shape index (κ3) is 1.59. The van der Waals surface area contributed by atoms with Crippen molar-refractivity contribution in [2.45, 2.75) is 44.9 Å². The van der Waals surface area contributed by atoms with Crippen LogP contribution in [0.2, 0.25) is 0 Å². The molecule has 1 aliphatic rings. The predicted octanol–water partition coefficient (Wildman–Crippen LogP) is 3.26. The van der Waals surface area contributed by atoms with Crippen molar-refractivity contribution in [3.63, 3.8) is 0 Å². The van der Waals surface area contributed by atoms with Gasteiger partial charge in [0.25, 0.3) is 0 Å². The molecule has 1 N–H and O–H groups in total. The largest absolute Gasteiger partial charge is 0.502 e. The standard InChI is InChI=1S/C13H17NO3/c1-12(2)7-13(3,4)10-8(12)5-6-9(15)11(10)14(16)17/h5-6,15H,7H2,1-4H3. The Morgan fingerprint density at radius 1 is 1.24 bits per heavy atom. The number of rotatable bonds is 1. The monoisotopic (exact) mass is 235 g/mol. The van der Waals surface area contributed by atoms with Crippen LogP contribution in [0.5, 0.6) is 5.75 Å². The van der Waals surface area contributed by atoms with Crippen LogP contribution < -0.4 is 0 Å². The van der Waals surface area contributed by atoms with Gasteiger partial charge in [0.05, 0.1) is 4.92 Å². The summed E-state index contributed by atoms with van der Waals surface area (Å²) in [7, 11) is 0. The van der Waals surface area contributed by atoms with Crippen LogP contribution in [0.25, 0.3) is 0 Å². The molecule has 2 rings (SSSR count). The van der Waals surface area contributed by atoms with Crippen molar-refractivity contribution in [2.75, 3.05) is 0 Å². The lowest BCUT2D eigenvalue weighted by atomic mass is 9.81. The van der Waals surface area contributed by atoms with Crippen molar-refractivity contribution >= 4 is 5.69 Å². The minimum Gasteiger partial charge on any atom is -0.502 e. The minimum absolute atomic E-state index is 0.0860. The summed E-state index contributed by atoms with van der Waals surface area (Å²) >= 11 is 0. The van der Waals surface area contributed by atoms with Crippen LogP contribution in [0.15, 0.2) is 12.1 Å². The van der Waals surface area contributed by atoms with Crippen LogP contribution in [0.3, 0.4) is 0 Å². The zero-order chi connectivity index (χ0) is 13.0. The zero-order valence-corrected chi connectivity index (χ0v) is 10.6. The van der Waals surface area contributed by atoms with E-state index in [1.54, 1.807) is 0 Å². The first-order valence-electron chi connectivity index (χ1n) is 5.68. The Bertz CT molecular complexity index is 504. The highest BCUT2D eigenvalue weighted by molar-refractivity contribution is 5.62. The zero-order valence-electron chi connectivity index (χ0n) is 10.6. The number of hydrogen-bond acceptors (Lipinski definition) is 3. The lowest BCUT2D eigenvalue weighted by Crippen LogP contribution is -2.18. The number of fused-ring (bicyclic) bond motifs is 1. The second-order valence-corrected chi connectivity index (χ2v) is 6.06. The lowest BCUT2D eigenvalue weighted by Gasteiger charge is -2.22. The molecule has 0 radical (unpaired) electrons. The average molecular weight is 235 g/mol. The molecule has 0 fully saturated rings. The Balaban J connectivity index is 2.83. The number of nitro groups is 1. The van der Waals surface area contributed by atoms with Crippen molar-refractivity contribution in [2.24, 2.45) is 0 Å². The van der Waals surface area contributed by atoms with Crippen molar-refractivity contribution < 1.29 is 10.0 Å². The van der Waals surface area contributed by atoms with Gasteiger partial charge in [-0.2, -0.15) is 0 Å². The van der Waals surface area contributed by atoms with Crippen molar-refractivity contribution in [3.8, 4) is 5.75 Å². The molecule has 4 nitrogen and oxygen atoms in total. The normalized spacial score (nSPS) is 20.0. The van der Waals surface area contributed by atoms with E-state index in [1.165, 1.54) is 6.07 Å². The maximum absolute atomic E-state index is 11.1. The number of nitro benzene ring substituents is 1. The molecule has 0 bridgehead atoms. The van der Waals surface area contributed by atoms with Gasteiger partial charge in [-0.1, -0.05) is 33.8 Å². The van der Waals surface area contributed by atoms with Gasteiger partial charge in [-0.3, -0.25) is 10.1 Å². The minimum atomic E-state index is -0.475. The van der Waals surface area contributed by atoms with E-state index in [0.717, 1.165) is 12.0 Å². The maximum atomic E-state index is 11.1. The molecule has 0 saturated heterocycles. The van der Waals surface area contributed by atoms with Gasteiger partial charge in [0.2, 0.25) is 0 Å². The van der Waals surface area contributed by atoms with E-state index in [2.05, 4.69) is 13.8 Å². The van der Waals surface area contributed by atoms with Crippen LogP contribution in [-0.2, 0) is 10.8 Å². The van der Waals surface area contributed by atoms with Gasteiger partial charge in [0.1, 0.15) is 0 Å². The first-order chi connectivity index (χ1) is 7.67.